The van der Waals surface area contributed by atoms with Gasteiger partial charge in [0.1, 0.15) is 4.90 Å². The minimum Gasteiger partial charge on any atom is -0.322 e. The highest BCUT2D eigenvalue weighted by Gasteiger charge is 2.25. The van der Waals surface area contributed by atoms with Crippen molar-refractivity contribution < 1.29 is 13.2 Å². The van der Waals surface area contributed by atoms with E-state index in [1.54, 1.807) is 45.9 Å². The number of rotatable bonds is 4. The standard InChI is InChI=1S/C18H20Cl2N2O3S/c1-11-13(19)6-5-7-15(11)21-17(23)12-8-9-14(20)16(10-12)26(24,25)22-18(2,3)4/h5-10,22H,1-4H3,(H,21,23). The Morgan fingerprint density at radius 2 is 1.69 bits per heavy atom. The second-order valence-corrected chi connectivity index (χ2v) is 9.33. The van der Waals surface area contributed by atoms with Crippen molar-refractivity contribution in [3.8, 4) is 0 Å². The lowest BCUT2D eigenvalue weighted by Gasteiger charge is -2.21. The Bertz CT molecular complexity index is 951. The van der Waals surface area contributed by atoms with Crippen LogP contribution in [0.4, 0.5) is 5.69 Å². The summed E-state index contributed by atoms with van der Waals surface area (Å²) in [6, 6.07) is 9.26. The van der Waals surface area contributed by atoms with Gasteiger partial charge in [-0.15, -0.1) is 0 Å². The molecular formula is C18H20Cl2N2O3S. The average molecular weight is 415 g/mol. The Kier molecular flexibility index (Phi) is 6.02. The molecule has 2 N–H and O–H groups in total. The molecule has 1 amide bonds. The Morgan fingerprint density at radius 3 is 2.31 bits per heavy atom. The first-order chi connectivity index (χ1) is 11.9. The lowest BCUT2D eigenvalue weighted by atomic mass is 10.1. The predicted octanol–water partition coefficient (Wildman–Crippen LogP) is 4.63. The number of sulfonamides is 1. The normalized spacial score (nSPS) is 12.1. The third kappa shape index (κ3) is 4.98. The molecule has 26 heavy (non-hydrogen) atoms. The SMILES string of the molecule is Cc1c(Cl)cccc1NC(=O)c1ccc(Cl)c(S(=O)(=O)NC(C)(C)C)c1. The molecule has 0 radical (unpaired) electrons. The molecule has 0 spiro atoms. The van der Waals surface area contributed by atoms with Gasteiger partial charge in [0.25, 0.3) is 5.91 Å². The molecule has 0 fully saturated rings. The zero-order valence-electron chi connectivity index (χ0n) is 14.9. The molecule has 0 bridgehead atoms. The summed E-state index contributed by atoms with van der Waals surface area (Å²) in [5.41, 5.74) is 0.759. The highest BCUT2D eigenvalue weighted by Crippen LogP contribution is 2.26. The second kappa shape index (κ2) is 7.56. The van der Waals surface area contributed by atoms with E-state index in [9.17, 15) is 13.2 Å². The number of benzene rings is 2. The summed E-state index contributed by atoms with van der Waals surface area (Å²) in [5, 5.41) is 3.30. The van der Waals surface area contributed by atoms with Crippen molar-refractivity contribution >= 4 is 44.8 Å². The fourth-order valence-corrected chi connectivity index (χ4v) is 4.37. The van der Waals surface area contributed by atoms with Gasteiger partial charge in [-0.2, -0.15) is 0 Å². The molecule has 2 aromatic carbocycles. The van der Waals surface area contributed by atoms with Gasteiger partial charge in [0.2, 0.25) is 10.0 Å². The van der Waals surface area contributed by atoms with Gasteiger partial charge < -0.3 is 5.32 Å². The van der Waals surface area contributed by atoms with Crippen molar-refractivity contribution in [1.82, 2.24) is 4.72 Å². The fraction of sp³-hybridized carbons (Fsp3) is 0.278. The van der Waals surface area contributed by atoms with Gasteiger partial charge in [-0.3, -0.25) is 4.79 Å². The van der Waals surface area contributed by atoms with Crippen LogP contribution in [0.5, 0.6) is 0 Å². The van der Waals surface area contributed by atoms with E-state index in [-0.39, 0.29) is 15.5 Å². The molecule has 0 atom stereocenters. The molecule has 2 rings (SSSR count). The van der Waals surface area contributed by atoms with Crippen molar-refractivity contribution in [1.29, 1.82) is 0 Å². The van der Waals surface area contributed by atoms with E-state index in [1.807, 2.05) is 0 Å². The molecule has 0 saturated heterocycles. The van der Waals surface area contributed by atoms with Crippen LogP contribution in [0.3, 0.4) is 0 Å². The molecule has 0 unspecified atom stereocenters. The van der Waals surface area contributed by atoms with Gasteiger partial charge in [-0.05, 0) is 63.6 Å². The lowest BCUT2D eigenvalue weighted by molar-refractivity contribution is 0.102. The lowest BCUT2D eigenvalue weighted by Crippen LogP contribution is -2.40. The Labute approximate surface area is 163 Å². The summed E-state index contributed by atoms with van der Waals surface area (Å²) in [5.74, 6) is -0.459. The number of hydrogen-bond acceptors (Lipinski definition) is 3. The first kappa shape index (κ1) is 20.7. The van der Waals surface area contributed by atoms with Gasteiger partial charge in [0, 0.05) is 21.8 Å². The number of amides is 1. The number of halogens is 2. The van der Waals surface area contributed by atoms with Crippen LogP contribution in [0.1, 0.15) is 36.7 Å². The molecule has 5 nitrogen and oxygen atoms in total. The predicted molar refractivity (Wildman–Crippen MR) is 106 cm³/mol. The smallest absolute Gasteiger partial charge is 0.255 e. The molecule has 0 aliphatic carbocycles. The first-order valence-corrected chi connectivity index (χ1v) is 10.0. The largest absolute Gasteiger partial charge is 0.322 e. The van der Waals surface area contributed by atoms with E-state index in [1.165, 1.54) is 18.2 Å². The number of carbonyl (C=O) groups is 1. The zero-order valence-corrected chi connectivity index (χ0v) is 17.2. The molecule has 0 aliphatic rings. The van der Waals surface area contributed by atoms with Crippen LogP contribution in [0.2, 0.25) is 10.0 Å². The number of hydrogen-bond donors (Lipinski definition) is 2. The Morgan fingerprint density at radius 1 is 1.04 bits per heavy atom. The fourth-order valence-electron chi connectivity index (χ4n) is 2.25. The summed E-state index contributed by atoms with van der Waals surface area (Å²) in [4.78, 5) is 12.4. The molecule has 0 aromatic heterocycles. The van der Waals surface area contributed by atoms with Crippen LogP contribution in [0.15, 0.2) is 41.3 Å². The number of anilines is 1. The van der Waals surface area contributed by atoms with E-state index < -0.39 is 21.5 Å². The topological polar surface area (TPSA) is 75.3 Å². The maximum atomic E-state index is 12.6. The summed E-state index contributed by atoms with van der Waals surface area (Å²) >= 11 is 12.1. The minimum atomic E-state index is -3.88. The van der Waals surface area contributed by atoms with Crippen LogP contribution in [0, 0.1) is 6.92 Å². The van der Waals surface area contributed by atoms with Gasteiger partial charge in [-0.25, -0.2) is 13.1 Å². The summed E-state index contributed by atoms with van der Waals surface area (Å²) < 4.78 is 27.6. The number of carbonyl (C=O) groups excluding carboxylic acids is 1. The van der Waals surface area contributed by atoms with Crippen LogP contribution in [-0.4, -0.2) is 19.9 Å². The molecule has 2 aromatic rings. The van der Waals surface area contributed by atoms with Crippen LogP contribution in [0.25, 0.3) is 0 Å². The third-order valence-electron chi connectivity index (χ3n) is 3.44. The molecular weight excluding hydrogens is 395 g/mol. The van der Waals surface area contributed by atoms with E-state index in [4.69, 9.17) is 23.2 Å². The zero-order chi connectivity index (χ0) is 19.7. The van der Waals surface area contributed by atoms with Crippen LogP contribution < -0.4 is 10.0 Å². The van der Waals surface area contributed by atoms with E-state index in [2.05, 4.69) is 10.0 Å². The van der Waals surface area contributed by atoms with E-state index in [0.29, 0.717) is 10.7 Å². The van der Waals surface area contributed by atoms with Gasteiger partial charge in [0.15, 0.2) is 0 Å². The van der Waals surface area contributed by atoms with Crippen LogP contribution in [-0.2, 0) is 10.0 Å². The third-order valence-corrected chi connectivity index (χ3v) is 6.09. The Hall–Kier alpha value is -1.60. The van der Waals surface area contributed by atoms with Crippen molar-refractivity contribution in [2.24, 2.45) is 0 Å². The maximum absolute atomic E-state index is 12.6. The van der Waals surface area contributed by atoms with Gasteiger partial charge >= 0.3 is 0 Å². The second-order valence-electron chi connectivity index (χ2n) is 6.87. The van der Waals surface area contributed by atoms with Crippen molar-refractivity contribution in [3.63, 3.8) is 0 Å². The van der Waals surface area contributed by atoms with Crippen LogP contribution >= 0.6 is 23.2 Å². The number of nitrogens with one attached hydrogen (secondary N) is 2. The van der Waals surface area contributed by atoms with Crippen molar-refractivity contribution in [3.05, 3.63) is 57.6 Å². The monoisotopic (exact) mass is 414 g/mol. The highest BCUT2D eigenvalue weighted by atomic mass is 35.5. The van der Waals surface area contributed by atoms with E-state index >= 15 is 0 Å². The minimum absolute atomic E-state index is 0.0391. The molecule has 0 heterocycles. The average Bonchev–Trinajstić information content (AvgIpc) is 2.49. The summed E-state index contributed by atoms with van der Waals surface area (Å²) in [7, 11) is -3.88. The molecule has 8 heteroatoms. The summed E-state index contributed by atoms with van der Waals surface area (Å²) in [6.07, 6.45) is 0. The van der Waals surface area contributed by atoms with Gasteiger partial charge in [-0.1, -0.05) is 29.3 Å². The summed E-state index contributed by atoms with van der Waals surface area (Å²) in [6.45, 7) is 6.94. The molecule has 140 valence electrons. The Balaban J connectivity index is 2.37. The molecule has 0 saturated carbocycles. The van der Waals surface area contributed by atoms with Gasteiger partial charge in [0.05, 0.1) is 5.02 Å². The van der Waals surface area contributed by atoms with Crippen molar-refractivity contribution in [2.75, 3.05) is 5.32 Å². The maximum Gasteiger partial charge on any atom is 0.255 e. The van der Waals surface area contributed by atoms with Crippen molar-refractivity contribution in [2.45, 2.75) is 38.1 Å². The highest BCUT2D eigenvalue weighted by molar-refractivity contribution is 7.89. The van der Waals surface area contributed by atoms with E-state index in [0.717, 1.165) is 5.56 Å². The first-order valence-electron chi connectivity index (χ1n) is 7.81. The quantitative estimate of drug-likeness (QED) is 0.765. The molecule has 0 aliphatic heterocycles.